The molecule has 0 spiro atoms. The van der Waals surface area contributed by atoms with Crippen molar-refractivity contribution in [3.63, 3.8) is 0 Å². The van der Waals surface area contributed by atoms with Gasteiger partial charge in [0, 0.05) is 6.54 Å². The van der Waals surface area contributed by atoms with Crippen LogP contribution in [0.4, 0.5) is 0 Å². The number of likely N-dealkylation sites (tertiary alicyclic amines) is 2. The van der Waals surface area contributed by atoms with Crippen LogP contribution < -0.4 is 0 Å². The molecular formula is C18H24N2O2. The Morgan fingerprint density at radius 3 is 2.41 bits per heavy atom. The lowest BCUT2D eigenvalue weighted by Crippen LogP contribution is -2.44. The smallest absolute Gasteiger partial charge is 0.247 e. The maximum atomic E-state index is 12.6. The van der Waals surface area contributed by atoms with Gasteiger partial charge in [-0.3, -0.25) is 19.4 Å². The van der Waals surface area contributed by atoms with Gasteiger partial charge < -0.3 is 0 Å². The predicted molar refractivity (Wildman–Crippen MR) is 85.4 cm³/mol. The SMILES string of the molecule is Cc1ccc(CCN2C(=O)CC(N3CCCCC3)C2=O)cc1. The third-order valence-corrected chi connectivity index (χ3v) is 4.80. The van der Waals surface area contributed by atoms with Gasteiger partial charge in [-0.2, -0.15) is 0 Å². The summed E-state index contributed by atoms with van der Waals surface area (Å²) in [5.41, 5.74) is 2.40. The predicted octanol–water partition coefficient (Wildman–Crippen LogP) is 2.15. The highest BCUT2D eigenvalue weighted by molar-refractivity contribution is 6.05. The van der Waals surface area contributed by atoms with Crippen molar-refractivity contribution in [2.24, 2.45) is 0 Å². The number of benzene rings is 1. The number of carbonyl (C=O) groups excluding carboxylic acids is 2. The van der Waals surface area contributed by atoms with Crippen molar-refractivity contribution in [2.75, 3.05) is 19.6 Å². The van der Waals surface area contributed by atoms with Gasteiger partial charge in [0.15, 0.2) is 0 Å². The molecule has 2 fully saturated rings. The first kappa shape index (κ1) is 15.2. The number of hydrogen-bond donors (Lipinski definition) is 0. The first-order chi connectivity index (χ1) is 10.6. The first-order valence-electron chi connectivity index (χ1n) is 8.29. The molecule has 1 aromatic rings. The van der Waals surface area contributed by atoms with Crippen LogP contribution in [0.15, 0.2) is 24.3 Å². The molecule has 2 aliphatic heterocycles. The van der Waals surface area contributed by atoms with E-state index >= 15 is 0 Å². The van der Waals surface area contributed by atoms with Gasteiger partial charge in [0.05, 0.1) is 12.5 Å². The van der Waals surface area contributed by atoms with Crippen LogP contribution in [0.5, 0.6) is 0 Å². The van der Waals surface area contributed by atoms with Crippen LogP contribution in [-0.4, -0.2) is 47.3 Å². The molecular weight excluding hydrogens is 276 g/mol. The minimum atomic E-state index is -0.203. The van der Waals surface area contributed by atoms with Crippen LogP contribution in [0.2, 0.25) is 0 Å². The third-order valence-electron chi connectivity index (χ3n) is 4.80. The van der Waals surface area contributed by atoms with Crippen LogP contribution in [0.25, 0.3) is 0 Å². The van der Waals surface area contributed by atoms with Gasteiger partial charge in [0.25, 0.3) is 0 Å². The van der Waals surface area contributed by atoms with Gasteiger partial charge in [-0.1, -0.05) is 36.2 Å². The summed E-state index contributed by atoms with van der Waals surface area (Å²) in [5.74, 6) is 0.00620. The summed E-state index contributed by atoms with van der Waals surface area (Å²) in [4.78, 5) is 28.4. The summed E-state index contributed by atoms with van der Waals surface area (Å²) in [6.45, 7) is 4.47. The fraction of sp³-hybridized carbons (Fsp3) is 0.556. The second kappa shape index (κ2) is 6.61. The van der Waals surface area contributed by atoms with E-state index in [1.165, 1.54) is 22.4 Å². The number of amides is 2. The average Bonchev–Trinajstić information content (AvgIpc) is 2.82. The highest BCUT2D eigenvalue weighted by Crippen LogP contribution is 2.22. The molecule has 0 saturated carbocycles. The highest BCUT2D eigenvalue weighted by Gasteiger charge is 2.41. The molecule has 4 heteroatoms. The number of hydrogen-bond acceptors (Lipinski definition) is 3. The van der Waals surface area contributed by atoms with Gasteiger partial charge in [0.1, 0.15) is 0 Å². The Hall–Kier alpha value is -1.68. The lowest BCUT2D eigenvalue weighted by molar-refractivity contribution is -0.139. The topological polar surface area (TPSA) is 40.6 Å². The average molecular weight is 300 g/mol. The van der Waals surface area contributed by atoms with E-state index in [1.54, 1.807) is 0 Å². The summed E-state index contributed by atoms with van der Waals surface area (Å²) in [7, 11) is 0. The zero-order valence-electron chi connectivity index (χ0n) is 13.3. The van der Waals surface area contributed by atoms with Crippen LogP contribution in [0.3, 0.4) is 0 Å². The van der Waals surface area contributed by atoms with E-state index in [1.807, 2.05) is 0 Å². The standard InChI is InChI=1S/C18H24N2O2/c1-14-5-7-15(8-6-14)9-12-20-17(21)13-16(18(20)22)19-10-3-2-4-11-19/h5-8,16H,2-4,9-13H2,1H3. The molecule has 2 saturated heterocycles. The zero-order valence-corrected chi connectivity index (χ0v) is 13.3. The van der Waals surface area contributed by atoms with E-state index in [-0.39, 0.29) is 17.9 Å². The first-order valence-corrected chi connectivity index (χ1v) is 8.29. The molecule has 2 aliphatic rings. The normalized spacial score (nSPS) is 23.3. The molecule has 1 atom stereocenters. The second-order valence-corrected chi connectivity index (χ2v) is 6.44. The molecule has 0 bridgehead atoms. The van der Waals surface area contributed by atoms with Crippen LogP contribution in [0, 0.1) is 6.92 Å². The van der Waals surface area contributed by atoms with Crippen molar-refractivity contribution < 1.29 is 9.59 Å². The Balaban J connectivity index is 1.60. The Morgan fingerprint density at radius 1 is 1.05 bits per heavy atom. The van der Waals surface area contributed by atoms with Crippen molar-refractivity contribution >= 4 is 11.8 Å². The summed E-state index contributed by atoms with van der Waals surface area (Å²) in [6, 6.07) is 8.08. The van der Waals surface area contributed by atoms with E-state index in [9.17, 15) is 9.59 Å². The molecule has 2 heterocycles. The van der Waals surface area contributed by atoms with E-state index < -0.39 is 0 Å². The molecule has 1 aromatic carbocycles. The fourth-order valence-electron chi connectivity index (χ4n) is 3.41. The zero-order chi connectivity index (χ0) is 15.5. The molecule has 0 N–H and O–H groups in total. The van der Waals surface area contributed by atoms with E-state index in [0.29, 0.717) is 13.0 Å². The molecule has 3 rings (SSSR count). The monoisotopic (exact) mass is 300 g/mol. The van der Waals surface area contributed by atoms with Crippen molar-refractivity contribution in [2.45, 2.75) is 45.1 Å². The number of piperidine rings is 1. The van der Waals surface area contributed by atoms with Gasteiger partial charge in [-0.15, -0.1) is 0 Å². The lowest BCUT2D eigenvalue weighted by Gasteiger charge is -2.30. The quantitative estimate of drug-likeness (QED) is 0.800. The lowest BCUT2D eigenvalue weighted by atomic mass is 10.1. The summed E-state index contributed by atoms with van der Waals surface area (Å²) >= 11 is 0. The second-order valence-electron chi connectivity index (χ2n) is 6.44. The molecule has 4 nitrogen and oxygen atoms in total. The molecule has 0 aliphatic carbocycles. The minimum Gasteiger partial charge on any atom is -0.292 e. The molecule has 0 radical (unpaired) electrons. The number of nitrogens with zero attached hydrogens (tertiary/aromatic N) is 2. The summed E-state index contributed by atoms with van der Waals surface area (Å²) in [6.07, 6.45) is 4.63. The fourth-order valence-corrected chi connectivity index (χ4v) is 3.41. The molecule has 2 amide bonds. The van der Waals surface area contributed by atoms with Crippen LogP contribution in [0.1, 0.15) is 36.8 Å². The number of rotatable bonds is 4. The molecule has 0 aromatic heterocycles. The Morgan fingerprint density at radius 2 is 1.73 bits per heavy atom. The van der Waals surface area contributed by atoms with Gasteiger partial charge >= 0.3 is 0 Å². The maximum Gasteiger partial charge on any atom is 0.247 e. The van der Waals surface area contributed by atoms with Crippen molar-refractivity contribution in [1.82, 2.24) is 9.80 Å². The minimum absolute atomic E-state index is 0.00677. The Kier molecular flexibility index (Phi) is 4.57. The van der Waals surface area contributed by atoms with Gasteiger partial charge in [-0.25, -0.2) is 0 Å². The van der Waals surface area contributed by atoms with Crippen LogP contribution in [-0.2, 0) is 16.0 Å². The maximum absolute atomic E-state index is 12.6. The molecule has 118 valence electrons. The Bertz CT molecular complexity index is 547. The summed E-state index contributed by atoms with van der Waals surface area (Å²) in [5, 5.41) is 0. The van der Waals surface area contributed by atoms with E-state index in [2.05, 4.69) is 36.1 Å². The van der Waals surface area contributed by atoms with E-state index in [0.717, 1.165) is 32.4 Å². The largest absolute Gasteiger partial charge is 0.292 e. The highest BCUT2D eigenvalue weighted by atomic mass is 16.2. The Labute approximate surface area is 132 Å². The molecule has 22 heavy (non-hydrogen) atoms. The molecule has 1 unspecified atom stereocenters. The van der Waals surface area contributed by atoms with Crippen molar-refractivity contribution in [3.8, 4) is 0 Å². The van der Waals surface area contributed by atoms with E-state index in [4.69, 9.17) is 0 Å². The van der Waals surface area contributed by atoms with Gasteiger partial charge in [0.2, 0.25) is 11.8 Å². The number of imide groups is 1. The summed E-state index contributed by atoms with van der Waals surface area (Å²) < 4.78 is 0. The van der Waals surface area contributed by atoms with Crippen LogP contribution >= 0.6 is 0 Å². The van der Waals surface area contributed by atoms with Gasteiger partial charge in [-0.05, 0) is 44.8 Å². The number of carbonyl (C=O) groups is 2. The number of aryl methyl sites for hydroxylation is 1. The van der Waals surface area contributed by atoms with Crippen molar-refractivity contribution in [3.05, 3.63) is 35.4 Å². The van der Waals surface area contributed by atoms with Crippen molar-refractivity contribution in [1.29, 1.82) is 0 Å². The third kappa shape index (κ3) is 3.22.